The van der Waals surface area contributed by atoms with E-state index in [1.165, 1.54) is 6.07 Å². The van der Waals surface area contributed by atoms with E-state index >= 15 is 0 Å². The van der Waals surface area contributed by atoms with Gasteiger partial charge in [0.25, 0.3) is 0 Å². The zero-order chi connectivity index (χ0) is 17.7. The van der Waals surface area contributed by atoms with E-state index in [0.29, 0.717) is 16.3 Å². The zero-order valence-corrected chi connectivity index (χ0v) is 13.3. The van der Waals surface area contributed by atoms with Crippen LogP contribution in [-0.2, 0) is 11.0 Å². The highest BCUT2D eigenvalue weighted by atomic mass is 32.2. The van der Waals surface area contributed by atoms with Gasteiger partial charge in [0.1, 0.15) is 0 Å². The molecule has 24 heavy (non-hydrogen) atoms. The average molecular weight is 351 g/mol. The number of benzene rings is 1. The molecule has 0 aliphatic heterocycles. The first-order valence-electron chi connectivity index (χ1n) is 6.76. The molecule has 0 saturated carbocycles. The first-order valence-corrected chi connectivity index (χ1v) is 7.75. The van der Waals surface area contributed by atoms with Crippen molar-refractivity contribution >= 4 is 23.4 Å². The van der Waals surface area contributed by atoms with E-state index in [4.69, 9.17) is 5.26 Å². The van der Waals surface area contributed by atoms with Crippen molar-refractivity contribution in [3.63, 3.8) is 0 Å². The van der Waals surface area contributed by atoms with Gasteiger partial charge < -0.3 is 5.32 Å². The Morgan fingerprint density at radius 3 is 2.67 bits per heavy atom. The van der Waals surface area contributed by atoms with Crippen molar-refractivity contribution in [2.75, 3.05) is 11.1 Å². The van der Waals surface area contributed by atoms with E-state index < -0.39 is 11.7 Å². The van der Waals surface area contributed by atoms with Crippen LogP contribution in [-0.4, -0.2) is 16.6 Å². The van der Waals surface area contributed by atoms with Gasteiger partial charge in [-0.15, -0.1) is 0 Å². The van der Waals surface area contributed by atoms with Crippen LogP contribution in [0.1, 0.15) is 16.7 Å². The number of carbonyl (C=O) groups excluding carboxylic acids is 1. The molecule has 0 aliphatic carbocycles. The maximum Gasteiger partial charge on any atom is 0.417 e. The summed E-state index contributed by atoms with van der Waals surface area (Å²) in [5, 5.41) is 11.9. The van der Waals surface area contributed by atoms with Crippen LogP contribution in [0.5, 0.6) is 0 Å². The molecule has 0 radical (unpaired) electrons. The van der Waals surface area contributed by atoms with Gasteiger partial charge in [0.05, 0.1) is 28.0 Å². The van der Waals surface area contributed by atoms with Crippen molar-refractivity contribution in [3.05, 3.63) is 53.2 Å². The molecule has 2 aromatic rings. The summed E-state index contributed by atoms with van der Waals surface area (Å²) in [6.45, 7) is 1.79. The van der Waals surface area contributed by atoms with Gasteiger partial charge in [-0.3, -0.25) is 4.79 Å². The largest absolute Gasteiger partial charge is 0.417 e. The van der Waals surface area contributed by atoms with Crippen molar-refractivity contribution in [2.24, 2.45) is 0 Å². The van der Waals surface area contributed by atoms with E-state index in [-0.39, 0.29) is 11.7 Å². The van der Waals surface area contributed by atoms with E-state index in [9.17, 15) is 18.0 Å². The summed E-state index contributed by atoms with van der Waals surface area (Å²) < 4.78 is 37.3. The molecule has 4 nitrogen and oxygen atoms in total. The Morgan fingerprint density at radius 2 is 2.08 bits per heavy atom. The molecular formula is C16H12F3N3OS. The lowest BCUT2D eigenvalue weighted by atomic mass is 10.1. The normalized spacial score (nSPS) is 11.0. The van der Waals surface area contributed by atoms with Crippen LogP contribution < -0.4 is 5.32 Å². The fraction of sp³-hybridized carbons (Fsp3) is 0.188. The Balaban J connectivity index is 1.93. The first kappa shape index (κ1) is 17.8. The summed E-state index contributed by atoms with van der Waals surface area (Å²) >= 11 is 1.02. The van der Waals surface area contributed by atoms with Gasteiger partial charge in [0.15, 0.2) is 0 Å². The minimum absolute atomic E-state index is 0.00583. The Bertz CT molecular complexity index is 783. The molecule has 1 N–H and O–H groups in total. The number of aromatic nitrogens is 1. The van der Waals surface area contributed by atoms with E-state index in [1.807, 2.05) is 6.07 Å². The number of hydrogen-bond donors (Lipinski definition) is 1. The van der Waals surface area contributed by atoms with E-state index in [1.54, 1.807) is 25.1 Å². The Morgan fingerprint density at radius 1 is 1.33 bits per heavy atom. The third kappa shape index (κ3) is 4.73. The number of nitrogens with zero attached hydrogens (tertiary/aromatic N) is 2. The number of aryl methyl sites for hydroxylation is 1. The molecule has 0 fully saturated rings. The first-order chi connectivity index (χ1) is 11.3. The number of anilines is 1. The number of nitriles is 1. The van der Waals surface area contributed by atoms with Gasteiger partial charge in [-0.1, -0.05) is 17.8 Å². The monoisotopic (exact) mass is 351 g/mol. The van der Waals surface area contributed by atoms with Crippen molar-refractivity contribution in [1.82, 2.24) is 4.98 Å². The number of halogens is 3. The lowest BCUT2D eigenvalue weighted by Gasteiger charge is -2.08. The van der Waals surface area contributed by atoms with Crippen LogP contribution in [0.3, 0.4) is 0 Å². The van der Waals surface area contributed by atoms with Gasteiger partial charge in [0.2, 0.25) is 5.91 Å². The van der Waals surface area contributed by atoms with Gasteiger partial charge in [-0.2, -0.15) is 18.4 Å². The summed E-state index contributed by atoms with van der Waals surface area (Å²) in [6.07, 6.45) is -3.70. The quantitative estimate of drug-likeness (QED) is 0.845. The number of rotatable bonds is 4. The van der Waals surface area contributed by atoms with Gasteiger partial charge >= 0.3 is 6.18 Å². The third-order valence-electron chi connectivity index (χ3n) is 3.06. The molecule has 124 valence electrons. The molecule has 1 aromatic heterocycles. The topological polar surface area (TPSA) is 65.8 Å². The molecule has 1 heterocycles. The molecule has 0 unspecified atom stereocenters. The van der Waals surface area contributed by atoms with E-state index in [2.05, 4.69) is 10.3 Å². The minimum Gasteiger partial charge on any atom is -0.325 e. The highest BCUT2D eigenvalue weighted by molar-refractivity contribution is 7.99. The molecule has 1 aromatic carbocycles. The Labute approximate surface area is 140 Å². The molecule has 1 amide bonds. The van der Waals surface area contributed by atoms with Crippen molar-refractivity contribution in [3.8, 4) is 6.07 Å². The number of carbonyl (C=O) groups is 1. The second-order valence-corrected chi connectivity index (χ2v) is 5.86. The highest BCUT2D eigenvalue weighted by Gasteiger charge is 2.30. The lowest BCUT2D eigenvalue weighted by molar-refractivity contribution is -0.137. The molecule has 2 rings (SSSR count). The number of nitrogens with one attached hydrogen (secondary N) is 1. The fourth-order valence-corrected chi connectivity index (χ4v) is 2.43. The van der Waals surface area contributed by atoms with E-state index in [0.717, 1.165) is 29.6 Å². The van der Waals surface area contributed by atoms with Crippen LogP contribution in [0.15, 0.2) is 41.6 Å². The van der Waals surface area contributed by atoms with Crippen LogP contribution in [0.25, 0.3) is 0 Å². The number of hydrogen-bond acceptors (Lipinski definition) is 4. The molecule has 0 spiro atoms. The molecule has 0 bridgehead atoms. The van der Waals surface area contributed by atoms with Crippen molar-refractivity contribution in [2.45, 2.75) is 18.1 Å². The number of thioether (sulfide) groups is 1. The fourth-order valence-electron chi connectivity index (χ4n) is 1.79. The standard InChI is InChI=1S/C16H12F3N3OS/c1-10-2-4-13(6-11(10)7-20)22-14(23)9-24-15-5-3-12(8-21-15)16(17,18)19/h2-6,8H,9H2,1H3,(H,22,23). The van der Waals surface area contributed by atoms with Crippen LogP contribution in [0, 0.1) is 18.3 Å². The molecule has 8 heteroatoms. The molecule has 0 saturated heterocycles. The average Bonchev–Trinajstić information content (AvgIpc) is 2.54. The number of alkyl halides is 3. The maximum atomic E-state index is 12.4. The highest BCUT2D eigenvalue weighted by Crippen LogP contribution is 2.29. The Hall–Kier alpha value is -2.53. The maximum absolute atomic E-state index is 12.4. The second kappa shape index (κ2) is 7.36. The van der Waals surface area contributed by atoms with Gasteiger partial charge in [-0.25, -0.2) is 4.98 Å². The predicted molar refractivity (Wildman–Crippen MR) is 84.5 cm³/mol. The summed E-state index contributed by atoms with van der Waals surface area (Å²) in [6, 6.07) is 9.13. The van der Waals surface area contributed by atoms with Crippen LogP contribution in [0.4, 0.5) is 18.9 Å². The summed E-state index contributed by atoms with van der Waals surface area (Å²) in [4.78, 5) is 15.6. The number of pyridine rings is 1. The SMILES string of the molecule is Cc1ccc(NC(=O)CSc2ccc(C(F)(F)F)cn2)cc1C#N. The smallest absolute Gasteiger partial charge is 0.325 e. The summed E-state index contributed by atoms with van der Waals surface area (Å²) in [5.74, 6) is -0.344. The summed E-state index contributed by atoms with van der Waals surface area (Å²) in [5.41, 5.74) is 0.923. The molecule has 0 aliphatic rings. The predicted octanol–water partition coefficient (Wildman–Crippen LogP) is 4.01. The third-order valence-corrected chi connectivity index (χ3v) is 4.00. The second-order valence-electron chi connectivity index (χ2n) is 4.86. The summed E-state index contributed by atoms with van der Waals surface area (Å²) in [7, 11) is 0. The molecular weight excluding hydrogens is 339 g/mol. The zero-order valence-electron chi connectivity index (χ0n) is 12.5. The number of amides is 1. The van der Waals surface area contributed by atoms with Gasteiger partial charge in [-0.05, 0) is 36.8 Å². The van der Waals surface area contributed by atoms with Crippen LogP contribution in [0.2, 0.25) is 0 Å². The van der Waals surface area contributed by atoms with Gasteiger partial charge in [0, 0.05) is 11.9 Å². The molecule has 0 atom stereocenters. The van der Waals surface area contributed by atoms with Crippen molar-refractivity contribution < 1.29 is 18.0 Å². The van der Waals surface area contributed by atoms with Crippen LogP contribution >= 0.6 is 11.8 Å². The van der Waals surface area contributed by atoms with Crippen molar-refractivity contribution in [1.29, 1.82) is 5.26 Å². The minimum atomic E-state index is -4.43. The Kier molecular flexibility index (Phi) is 5.46. The lowest BCUT2D eigenvalue weighted by Crippen LogP contribution is -2.14.